The van der Waals surface area contributed by atoms with E-state index in [4.69, 9.17) is 4.74 Å². The quantitative estimate of drug-likeness (QED) is 0.740. The second kappa shape index (κ2) is 7.73. The van der Waals surface area contributed by atoms with E-state index in [0.717, 1.165) is 5.70 Å². The van der Waals surface area contributed by atoms with Gasteiger partial charge < -0.3 is 15.4 Å². The molecule has 1 saturated carbocycles. The Balaban J connectivity index is 2.14. The molecule has 2 aliphatic rings. The number of esters is 1. The molecule has 1 fully saturated rings. The van der Waals surface area contributed by atoms with Crippen LogP contribution < -0.4 is 10.6 Å². The molecule has 0 radical (unpaired) electrons. The first-order valence-corrected chi connectivity index (χ1v) is 8.79. The summed E-state index contributed by atoms with van der Waals surface area (Å²) < 4.78 is 5.15. The molecule has 6 heteroatoms. The topological polar surface area (TPSA) is 67.4 Å². The first-order valence-electron chi connectivity index (χ1n) is 7.75. The molecular formula is C15H24N2O3S. The zero-order valence-electron chi connectivity index (χ0n) is 12.7. The van der Waals surface area contributed by atoms with Gasteiger partial charge in [-0.25, -0.2) is 9.59 Å². The number of hydrogen-bond acceptors (Lipinski definition) is 4. The van der Waals surface area contributed by atoms with Gasteiger partial charge in [0.2, 0.25) is 0 Å². The maximum absolute atomic E-state index is 12.2. The predicted octanol–water partition coefficient (Wildman–Crippen LogP) is 2.57. The van der Waals surface area contributed by atoms with E-state index in [-0.39, 0.29) is 18.0 Å². The van der Waals surface area contributed by atoms with E-state index in [9.17, 15) is 9.59 Å². The van der Waals surface area contributed by atoms with Gasteiger partial charge in [-0.1, -0.05) is 19.8 Å². The smallest absolute Gasteiger partial charge is 0.337 e. The molecule has 0 aromatic rings. The standard InChI is InChI=1S/C15H24N2O3S/c1-3-11-13(14(18)20-4-2)12(17-15(19)16-11)9-21-10-7-5-6-8-10/h10-11H,3-9H2,1-2H3,(H2,16,17,19). The van der Waals surface area contributed by atoms with Crippen LogP contribution in [0.4, 0.5) is 4.79 Å². The highest BCUT2D eigenvalue weighted by Crippen LogP contribution is 2.31. The third kappa shape index (κ3) is 4.15. The molecule has 118 valence electrons. The minimum absolute atomic E-state index is 0.225. The molecule has 0 aromatic carbocycles. The summed E-state index contributed by atoms with van der Waals surface area (Å²) in [5.41, 5.74) is 1.31. The Morgan fingerprint density at radius 2 is 2.05 bits per heavy atom. The maximum atomic E-state index is 12.2. The summed E-state index contributed by atoms with van der Waals surface area (Å²) >= 11 is 1.84. The Bertz CT molecular complexity index is 431. The van der Waals surface area contributed by atoms with E-state index < -0.39 is 0 Å². The van der Waals surface area contributed by atoms with Gasteiger partial charge in [0.1, 0.15) is 0 Å². The number of rotatable bonds is 6. The molecule has 1 unspecified atom stereocenters. The lowest BCUT2D eigenvalue weighted by molar-refractivity contribution is -0.139. The van der Waals surface area contributed by atoms with Crippen LogP contribution in [0.2, 0.25) is 0 Å². The van der Waals surface area contributed by atoms with Crippen molar-refractivity contribution in [2.24, 2.45) is 0 Å². The summed E-state index contributed by atoms with van der Waals surface area (Å²) in [4.78, 5) is 23.9. The molecule has 1 atom stereocenters. The van der Waals surface area contributed by atoms with Crippen LogP contribution in [0.25, 0.3) is 0 Å². The van der Waals surface area contributed by atoms with E-state index in [1.807, 2.05) is 18.7 Å². The summed E-state index contributed by atoms with van der Waals surface area (Å²) in [5, 5.41) is 6.24. The van der Waals surface area contributed by atoms with Crippen molar-refractivity contribution in [2.75, 3.05) is 12.4 Å². The maximum Gasteiger partial charge on any atom is 0.337 e. The number of urea groups is 1. The molecule has 0 spiro atoms. The zero-order valence-corrected chi connectivity index (χ0v) is 13.6. The van der Waals surface area contributed by atoms with Crippen LogP contribution in [0.5, 0.6) is 0 Å². The van der Waals surface area contributed by atoms with E-state index in [1.165, 1.54) is 25.7 Å². The SMILES string of the molecule is CCOC(=O)C1=C(CSC2CCCC2)NC(=O)NC1CC. The van der Waals surface area contributed by atoms with Crippen molar-refractivity contribution in [1.82, 2.24) is 10.6 Å². The third-order valence-electron chi connectivity index (χ3n) is 3.91. The van der Waals surface area contributed by atoms with E-state index in [0.29, 0.717) is 29.6 Å². The Morgan fingerprint density at radius 3 is 2.67 bits per heavy atom. The number of amides is 2. The van der Waals surface area contributed by atoms with Crippen molar-refractivity contribution >= 4 is 23.8 Å². The van der Waals surface area contributed by atoms with Gasteiger partial charge >= 0.3 is 12.0 Å². The van der Waals surface area contributed by atoms with Crippen LogP contribution in [0.3, 0.4) is 0 Å². The average Bonchev–Trinajstić information content (AvgIpc) is 2.97. The fourth-order valence-electron chi connectivity index (χ4n) is 2.83. The highest BCUT2D eigenvalue weighted by molar-refractivity contribution is 8.00. The normalized spacial score (nSPS) is 23.0. The van der Waals surface area contributed by atoms with Crippen LogP contribution in [0.1, 0.15) is 46.0 Å². The summed E-state index contributed by atoms with van der Waals surface area (Å²) in [5.74, 6) is 0.349. The van der Waals surface area contributed by atoms with Crippen molar-refractivity contribution in [1.29, 1.82) is 0 Å². The summed E-state index contributed by atoms with van der Waals surface area (Å²) in [6.07, 6.45) is 5.71. The van der Waals surface area contributed by atoms with Crippen LogP contribution in [0.15, 0.2) is 11.3 Å². The molecule has 0 aromatic heterocycles. The van der Waals surface area contributed by atoms with Crippen LogP contribution in [0, 0.1) is 0 Å². The summed E-state index contributed by atoms with van der Waals surface area (Å²) in [6.45, 7) is 4.09. The first kappa shape index (κ1) is 16.2. The molecule has 2 rings (SSSR count). The molecule has 0 saturated heterocycles. The molecular weight excluding hydrogens is 288 g/mol. The molecule has 21 heavy (non-hydrogen) atoms. The van der Waals surface area contributed by atoms with Gasteiger partial charge in [0.05, 0.1) is 18.2 Å². The third-order valence-corrected chi connectivity index (χ3v) is 5.31. The Labute approximate surface area is 130 Å². The lowest BCUT2D eigenvalue weighted by Gasteiger charge is -2.28. The van der Waals surface area contributed by atoms with Crippen molar-refractivity contribution < 1.29 is 14.3 Å². The fraction of sp³-hybridized carbons (Fsp3) is 0.733. The van der Waals surface area contributed by atoms with E-state index in [2.05, 4.69) is 10.6 Å². The van der Waals surface area contributed by atoms with Gasteiger partial charge in [0.25, 0.3) is 0 Å². The molecule has 1 heterocycles. The van der Waals surface area contributed by atoms with Gasteiger partial charge in [-0.2, -0.15) is 11.8 Å². The predicted molar refractivity (Wildman–Crippen MR) is 84.1 cm³/mol. The molecule has 2 N–H and O–H groups in total. The number of hydrogen-bond donors (Lipinski definition) is 2. The fourth-order valence-corrected chi connectivity index (χ4v) is 4.13. The van der Waals surface area contributed by atoms with Crippen molar-refractivity contribution in [3.63, 3.8) is 0 Å². The van der Waals surface area contributed by atoms with Gasteiger partial charge in [0, 0.05) is 16.7 Å². The number of thioether (sulfide) groups is 1. The number of carbonyl (C=O) groups excluding carboxylic acids is 2. The second-order valence-electron chi connectivity index (χ2n) is 5.39. The van der Waals surface area contributed by atoms with E-state index in [1.54, 1.807) is 6.92 Å². The number of ether oxygens (including phenoxy) is 1. The number of nitrogens with one attached hydrogen (secondary N) is 2. The summed E-state index contributed by atoms with van der Waals surface area (Å²) in [6, 6.07) is -0.478. The average molecular weight is 312 g/mol. The van der Waals surface area contributed by atoms with Crippen LogP contribution >= 0.6 is 11.8 Å². The van der Waals surface area contributed by atoms with Gasteiger partial charge in [0.15, 0.2) is 0 Å². The molecule has 1 aliphatic heterocycles. The minimum atomic E-state index is -0.320. The Morgan fingerprint density at radius 1 is 1.33 bits per heavy atom. The lowest BCUT2D eigenvalue weighted by atomic mass is 10.0. The molecule has 0 bridgehead atoms. The van der Waals surface area contributed by atoms with Crippen molar-refractivity contribution in [3.8, 4) is 0 Å². The lowest BCUT2D eigenvalue weighted by Crippen LogP contribution is -2.50. The van der Waals surface area contributed by atoms with Crippen LogP contribution in [-0.2, 0) is 9.53 Å². The van der Waals surface area contributed by atoms with Gasteiger partial charge in [-0.3, -0.25) is 0 Å². The van der Waals surface area contributed by atoms with Gasteiger partial charge in [-0.05, 0) is 26.2 Å². The van der Waals surface area contributed by atoms with Gasteiger partial charge in [-0.15, -0.1) is 0 Å². The summed E-state index contributed by atoms with van der Waals surface area (Å²) in [7, 11) is 0. The molecule has 5 nitrogen and oxygen atoms in total. The largest absolute Gasteiger partial charge is 0.463 e. The Hall–Kier alpha value is -1.17. The first-order chi connectivity index (χ1) is 10.2. The van der Waals surface area contributed by atoms with E-state index >= 15 is 0 Å². The second-order valence-corrected chi connectivity index (χ2v) is 6.68. The molecule has 1 aliphatic carbocycles. The highest BCUT2D eigenvalue weighted by Gasteiger charge is 2.31. The van der Waals surface area contributed by atoms with Crippen LogP contribution in [-0.4, -0.2) is 35.7 Å². The van der Waals surface area contributed by atoms with Crippen molar-refractivity contribution in [3.05, 3.63) is 11.3 Å². The Kier molecular flexibility index (Phi) is 5.96. The van der Waals surface area contributed by atoms with Crippen molar-refractivity contribution in [2.45, 2.75) is 57.2 Å². The monoisotopic (exact) mass is 312 g/mol. The minimum Gasteiger partial charge on any atom is -0.463 e. The number of carbonyl (C=O) groups is 2. The highest BCUT2D eigenvalue weighted by atomic mass is 32.2. The zero-order chi connectivity index (χ0) is 15.2. The molecule has 2 amide bonds.